The van der Waals surface area contributed by atoms with Gasteiger partial charge in [0.05, 0.1) is 15.8 Å². The molecule has 0 bridgehead atoms. The molecule has 3 heterocycles. The first kappa shape index (κ1) is 18.3. The highest BCUT2D eigenvalue weighted by Crippen LogP contribution is 2.27. The van der Waals surface area contributed by atoms with Crippen LogP contribution in [-0.4, -0.2) is 24.7 Å². The summed E-state index contributed by atoms with van der Waals surface area (Å²) in [5.41, 5.74) is 2.75. The molecule has 0 N–H and O–H groups in total. The number of nitrogens with zero attached hydrogens (tertiary/aromatic N) is 5. The average Bonchev–Trinajstić information content (AvgIpc) is 3.27. The first-order chi connectivity index (χ1) is 13.0. The maximum Gasteiger partial charge on any atom is 0.237 e. The van der Waals surface area contributed by atoms with E-state index in [9.17, 15) is 0 Å². The number of halogens is 2. The van der Waals surface area contributed by atoms with Crippen LogP contribution in [0.5, 0.6) is 0 Å². The zero-order chi connectivity index (χ0) is 19.0. The lowest BCUT2D eigenvalue weighted by Gasteiger charge is -2.04. The van der Waals surface area contributed by atoms with Gasteiger partial charge in [-0.2, -0.15) is 4.98 Å². The van der Waals surface area contributed by atoms with E-state index in [1.807, 2.05) is 12.1 Å². The number of fused-ring (bicyclic) bond motifs is 1. The first-order valence-corrected chi connectivity index (χ1v) is 10.0. The molecule has 0 fully saturated rings. The van der Waals surface area contributed by atoms with Gasteiger partial charge in [0.25, 0.3) is 0 Å². The van der Waals surface area contributed by atoms with Crippen LogP contribution in [-0.2, 0) is 5.75 Å². The highest BCUT2D eigenvalue weighted by molar-refractivity contribution is 7.98. The Morgan fingerprint density at radius 3 is 2.67 bits per heavy atom. The van der Waals surface area contributed by atoms with Crippen LogP contribution in [0.25, 0.3) is 17.0 Å². The molecule has 0 radical (unpaired) electrons. The predicted molar refractivity (Wildman–Crippen MR) is 106 cm³/mol. The topological polar surface area (TPSA) is 69.1 Å². The zero-order valence-electron chi connectivity index (χ0n) is 14.6. The van der Waals surface area contributed by atoms with Gasteiger partial charge in [0.15, 0.2) is 10.8 Å². The van der Waals surface area contributed by atoms with Crippen molar-refractivity contribution >= 4 is 40.6 Å². The van der Waals surface area contributed by atoms with E-state index in [0.29, 0.717) is 44.2 Å². The Labute approximate surface area is 169 Å². The van der Waals surface area contributed by atoms with Gasteiger partial charge in [-0.05, 0) is 17.5 Å². The third-order valence-corrected chi connectivity index (χ3v) is 5.44. The second-order valence-electron chi connectivity index (χ2n) is 6.26. The maximum absolute atomic E-state index is 6.14. The van der Waals surface area contributed by atoms with Crippen molar-refractivity contribution in [2.45, 2.75) is 30.7 Å². The van der Waals surface area contributed by atoms with Crippen LogP contribution in [0.3, 0.4) is 0 Å². The van der Waals surface area contributed by atoms with Crippen molar-refractivity contribution in [3.63, 3.8) is 0 Å². The normalized spacial score (nSPS) is 11.6. The van der Waals surface area contributed by atoms with Gasteiger partial charge in [-0.15, -0.1) is 10.2 Å². The molecule has 3 aromatic heterocycles. The monoisotopic (exact) mass is 419 g/mol. The molecule has 0 aliphatic rings. The van der Waals surface area contributed by atoms with Gasteiger partial charge in [0, 0.05) is 11.8 Å². The van der Waals surface area contributed by atoms with Crippen molar-refractivity contribution in [1.29, 1.82) is 0 Å². The lowest BCUT2D eigenvalue weighted by atomic mass is 10.0. The summed E-state index contributed by atoms with van der Waals surface area (Å²) in [7, 11) is 0. The molecule has 138 valence electrons. The molecule has 4 aromatic rings. The molecule has 0 aliphatic heterocycles. The van der Waals surface area contributed by atoms with Crippen molar-refractivity contribution in [1.82, 2.24) is 24.7 Å². The molecule has 0 saturated heterocycles. The van der Waals surface area contributed by atoms with Gasteiger partial charge in [0.1, 0.15) is 0 Å². The van der Waals surface area contributed by atoms with Crippen LogP contribution in [0.4, 0.5) is 0 Å². The van der Waals surface area contributed by atoms with Crippen molar-refractivity contribution in [2.75, 3.05) is 0 Å². The van der Waals surface area contributed by atoms with Gasteiger partial charge in [-0.25, -0.2) is 0 Å². The van der Waals surface area contributed by atoms with E-state index in [-0.39, 0.29) is 0 Å². The van der Waals surface area contributed by atoms with E-state index >= 15 is 0 Å². The highest BCUT2D eigenvalue weighted by atomic mass is 35.5. The predicted octanol–water partition coefficient (Wildman–Crippen LogP) is 5.50. The van der Waals surface area contributed by atoms with E-state index < -0.39 is 0 Å². The van der Waals surface area contributed by atoms with E-state index in [1.165, 1.54) is 17.3 Å². The van der Waals surface area contributed by atoms with Gasteiger partial charge in [-0.3, -0.25) is 4.40 Å². The molecule has 27 heavy (non-hydrogen) atoms. The van der Waals surface area contributed by atoms with Crippen LogP contribution in [0.15, 0.2) is 46.2 Å². The molecule has 9 heteroatoms. The minimum Gasteiger partial charge on any atom is -0.338 e. The molecule has 0 amide bonds. The summed E-state index contributed by atoms with van der Waals surface area (Å²) in [5, 5.41) is 13.9. The second kappa shape index (κ2) is 7.50. The van der Waals surface area contributed by atoms with Crippen LogP contribution in [0, 0.1) is 0 Å². The lowest BCUT2D eigenvalue weighted by molar-refractivity contribution is 0.391. The number of hydrogen-bond acceptors (Lipinski definition) is 6. The summed E-state index contributed by atoms with van der Waals surface area (Å²) in [6, 6.07) is 9.82. The summed E-state index contributed by atoms with van der Waals surface area (Å²) in [4.78, 5) is 4.46. The minimum atomic E-state index is 0.451. The first-order valence-electron chi connectivity index (χ1n) is 8.27. The molecule has 1 aromatic carbocycles. The van der Waals surface area contributed by atoms with Crippen molar-refractivity contribution in [3.8, 4) is 11.4 Å². The number of hydrogen-bond donors (Lipinski definition) is 0. The maximum atomic E-state index is 6.14. The van der Waals surface area contributed by atoms with E-state index in [0.717, 1.165) is 5.56 Å². The van der Waals surface area contributed by atoms with Gasteiger partial charge in [-0.1, -0.05) is 78.2 Å². The molecule has 0 unspecified atom stereocenters. The highest BCUT2D eigenvalue weighted by Gasteiger charge is 2.14. The van der Waals surface area contributed by atoms with Crippen molar-refractivity contribution in [3.05, 3.63) is 58.0 Å². The van der Waals surface area contributed by atoms with E-state index in [1.54, 1.807) is 16.7 Å². The molecule has 4 rings (SSSR count). The fourth-order valence-corrected chi connectivity index (χ4v) is 3.83. The fourth-order valence-electron chi connectivity index (χ4n) is 2.58. The molecule has 0 aliphatic carbocycles. The molecule has 0 atom stereocenters. The van der Waals surface area contributed by atoms with Gasteiger partial charge < -0.3 is 4.52 Å². The molecule has 6 nitrogen and oxygen atoms in total. The number of thioether (sulfide) groups is 1. The fraction of sp³-hybridized carbons (Fsp3) is 0.222. The van der Waals surface area contributed by atoms with E-state index in [4.69, 9.17) is 27.7 Å². The largest absolute Gasteiger partial charge is 0.338 e. The van der Waals surface area contributed by atoms with Crippen LogP contribution in [0.1, 0.15) is 31.2 Å². The Morgan fingerprint density at radius 1 is 1.15 bits per heavy atom. The molecular weight excluding hydrogens is 405 g/mol. The Kier molecular flexibility index (Phi) is 5.08. The summed E-state index contributed by atoms with van der Waals surface area (Å²) >= 11 is 13.6. The lowest BCUT2D eigenvalue weighted by Crippen LogP contribution is -1.90. The van der Waals surface area contributed by atoms with Crippen LogP contribution in [0.2, 0.25) is 10.0 Å². The standard InChI is InChI=1S/C18H15Cl2N5OS/c1-10(2)11-3-5-12(6-4-11)16-21-15(26-24-16)9-27-18-23-22-17-14(20)7-13(19)8-25(17)18/h3-8,10H,9H2,1-2H3. The summed E-state index contributed by atoms with van der Waals surface area (Å²) < 4.78 is 7.11. The summed E-state index contributed by atoms with van der Waals surface area (Å²) in [6.45, 7) is 4.32. The number of aromatic nitrogens is 5. The summed E-state index contributed by atoms with van der Waals surface area (Å²) in [5.74, 6) is 2.02. The minimum absolute atomic E-state index is 0.451. The molecular formula is C18H15Cl2N5OS. The SMILES string of the molecule is CC(C)c1ccc(-c2noc(CSc3nnc4c(Cl)cc(Cl)cn34)n2)cc1. The third-order valence-electron chi connectivity index (χ3n) is 4.02. The second-order valence-corrected chi connectivity index (χ2v) is 8.05. The van der Waals surface area contributed by atoms with Gasteiger partial charge in [0.2, 0.25) is 11.7 Å². The quantitative estimate of drug-likeness (QED) is 0.397. The van der Waals surface area contributed by atoms with Crippen molar-refractivity contribution in [2.24, 2.45) is 0 Å². The third kappa shape index (κ3) is 3.81. The number of pyridine rings is 1. The Hall–Kier alpha value is -2.09. The van der Waals surface area contributed by atoms with Crippen LogP contribution >= 0.6 is 35.0 Å². The molecule has 0 spiro atoms. The van der Waals surface area contributed by atoms with Crippen molar-refractivity contribution < 1.29 is 4.52 Å². The Balaban J connectivity index is 1.50. The Bertz CT molecular complexity index is 1090. The number of benzene rings is 1. The molecule has 0 saturated carbocycles. The number of rotatable bonds is 5. The van der Waals surface area contributed by atoms with Gasteiger partial charge >= 0.3 is 0 Å². The van der Waals surface area contributed by atoms with E-state index in [2.05, 4.69) is 46.3 Å². The zero-order valence-corrected chi connectivity index (χ0v) is 16.9. The smallest absolute Gasteiger partial charge is 0.237 e. The summed E-state index contributed by atoms with van der Waals surface area (Å²) in [6.07, 6.45) is 1.72. The average molecular weight is 420 g/mol. The van der Waals surface area contributed by atoms with Crippen LogP contribution < -0.4 is 0 Å². The Morgan fingerprint density at radius 2 is 1.93 bits per heavy atom.